The molecule has 2 aromatic rings. The van der Waals surface area contributed by atoms with E-state index in [1.807, 2.05) is 35.7 Å². The largest absolute Gasteiger partial charge is 0.480 e. The van der Waals surface area contributed by atoms with Gasteiger partial charge in [-0.05, 0) is 36.4 Å². The lowest BCUT2D eigenvalue weighted by Crippen LogP contribution is -2.30. The molecule has 0 aromatic carbocycles. The van der Waals surface area contributed by atoms with Gasteiger partial charge in [-0.2, -0.15) is 11.3 Å². The van der Waals surface area contributed by atoms with Crippen molar-refractivity contribution < 1.29 is 9.90 Å². The number of aryl methyl sites for hydroxylation is 1. The zero-order valence-corrected chi connectivity index (χ0v) is 11.8. The Kier molecular flexibility index (Phi) is 4.11. The monoisotopic (exact) mass is 282 g/mol. The predicted octanol–water partition coefficient (Wildman–Crippen LogP) is 2.77. The van der Waals surface area contributed by atoms with Crippen LogP contribution in [0.1, 0.15) is 22.2 Å². The summed E-state index contributed by atoms with van der Waals surface area (Å²) in [5, 5.41) is 13.1. The highest BCUT2D eigenvalue weighted by Gasteiger charge is 2.25. The summed E-state index contributed by atoms with van der Waals surface area (Å²) < 4.78 is 0. The van der Waals surface area contributed by atoms with Gasteiger partial charge in [-0.1, -0.05) is 0 Å². The van der Waals surface area contributed by atoms with Crippen molar-refractivity contribution in [1.82, 2.24) is 9.88 Å². The van der Waals surface area contributed by atoms with Crippen molar-refractivity contribution in [1.29, 1.82) is 0 Å². The zero-order valence-electron chi connectivity index (χ0n) is 10.2. The number of hydrogen-bond donors (Lipinski definition) is 1. The SMILES string of the molecule is Cc1ncsc1CN(C)C(C(=O)O)c1ccsc1. The third-order valence-corrected chi connectivity index (χ3v) is 4.39. The van der Waals surface area contributed by atoms with Crippen LogP contribution in [0.3, 0.4) is 0 Å². The number of hydrogen-bond acceptors (Lipinski definition) is 5. The number of carboxylic acids is 1. The molecule has 0 aliphatic carbocycles. The first-order chi connectivity index (χ1) is 8.59. The Morgan fingerprint density at radius 2 is 2.39 bits per heavy atom. The number of thiazole rings is 1. The first kappa shape index (κ1) is 13.2. The normalized spacial score (nSPS) is 12.8. The number of thiophene rings is 1. The molecule has 0 aliphatic rings. The average Bonchev–Trinajstić information content (AvgIpc) is 2.92. The van der Waals surface area contributed by atoms with Gasteiger partial charge in [0.1, 0.15) is 6.04 Å². The van der Waals surface area contributed by atoms with E-state index in [9.17, 15) is 9.90 Å². The van der Waals surface area contributed by atoms with Crippen LogP contribution in [0.5, 0.6) is 0 Å². The van der Waals surface area contributed by atoms with Gasteiger partial charge in [0.15, 0.2) is 0 Å². The van der Waals surface area contributed by atoms with Crippen molar-refractivity contribution in [3.63, 3.8) is 0 Å². The van der Waals surface area contributed by atoms with Crippen molar-refractivity contribution in [3.05, 3.63) is 38.5 Å². The van der Waals surface area contributed by atoms with Gasteiger partial charge in [-0.25, -0.2) is 4.98 Å². The molecule has 1 atom stereocenters. The highest BCUT2D eigenvalue weighted by molar-refractivity contribution is 7.09. The molecule has 0 amide bonds. The third-order valence-electron chi connectivity index (χ3n) is 2.77. The summed E-state index contributed by atoms with van der Waals surface area (Å²) >= 11 is 3.08. The Balaban J connectivity index is 2.17. The fraction of sp³-hybridized carbons (Fsp3) is 0.333. The minimum absolute atomic E-state index is 0.599. The van der Waals surface area contributed by atoms with E-state index in [0.717, 1.165) is 16.1 Å². The van der Waals surface area contributed by atoms with Crippen LogP contribution >= 0.6 is 22.7 Å². The minimum atomic E-state index is -0.821. The maximum Gasteiger partial charge on any atom is 0.325 e. The van der Waals surface area contributed by atoms with Crippen LogP contribution in [0, 0.1) is 6.92 Å². The molecule has 0 bridgehead atoms. The second kappa shape index (κ2) is 5.60. The van der Waals surface area contributed by atoms with Gasteiger partial charge in [0.2, 0.25) is 0 Å². The molecule has 0 fully saturated rings. The van der Waals surface area contributed by atoms with Gasteiger partial charge in [0.05, 0.1) is 11.2 Å². The van der Waals surface area contributed by atoms with Gasteiger partial charge in [-0.15, -0.1) is 11.3 Å². The van der Waals surface area contributed by atoms with Crippen LogP contribution in [0.25, 0.3) is 0 Å². The highest BCUT2D eigenvalue weighted by atomic mass is 32.1. The first-order valence-corrected chi connectivity index (χ1v) is 7.26. The predicted molar refractivity (Wildman–Crippen MR) is 73.0 cm³/mol. The lowest BCUT2D eigenvalue weighted by Gasteiger charge is -2.23. The maximum atomic E-state index is 11.4. The molecule has 4 nitrogen and oxygen atoms in total. The molecule has 0 saturated carbocycles. The Morgan fingerprint density at radius 3 is 2.89 bits per heavy atom. The highest BCUT2D eigenvalue weighted by Crippen LogP contribution is 2.25. The number of carbonyl (C=O) groups is 1. The van der Waals surface area contributed by atoms with Gasteiger partial charge in [0.25, 0.3) is 0 Å². The van der Waals surface area contributed by atoms with Crippen LogP contribution in [0.2, 0.25) is 0 Å². The fourth-order valence-corrected chi connectivity index (χ4v) is 3.33. The zero-order chi connectivity index (χ0) is 13.1. The molecular weight excluding hydrogens is 268 g/mol. The summed E-state index contributed by atoms with van der Waals surface area (Å²) in [6.45, 7) is 2.54. The quantitative estimate of drug-likeness (QED) is 0.916. The molecule has 0 saturated heterocycles. The third kappa shape index (κ3) is 2.77. The Bertz CT molecular complexity index is 522. The van der Waals surface area contributed by atoms with E-state index < -0.39 is 12.0 Å². The van der Waals surface area contributed by atoms with Crippen molar-refractivity contribution in [3.8, 4) is 0 Å². The molecule has 6 heteroatoms. The summed E-state index contributed by atoms with van der Waals surface area (Å²) in [5.41, 5.74) is 3.59. The topological polar surface area (TPSA) is 53.4 Å². The second-order valence-corrected chi connectivity index (χ2v) is 5.79. The standard InChI is InChI=1S/C12H14N2O2S2/c1-8-10(18-7-13-8)5-14(2)11(12(15)16)9-3-4-17-6-9/h3-4,6-7,11H,5H2,1-2H3,(H,15,16). The smallest absolute Gasteiger partial charge is 0.325 e. The van der Waals surface area contributed by atoms with Crippen LogP contribution < -0.4 is 0 Å². The van der Waals surface area contributed by atoms with Crippen molar-refractivity contribution in [2.45, 2.75) is 19.5 Å². The summed E-state index contributed by atoms with van der Waals surface area (Å²) in [6, 6.07) is 1.26. The van der Waals surface area contributed by atoms with Crippen LogP contribution in [-0.2, 0) is 11.3 Å². The molecular formula is C12H14N2O2S2. The number of likely N-dealkylation sites (N-methyl/N-ethyl adjacent to an activating group) is 1. The van der Waals surface area contributed by atoms with E-state index >= 15 is 0 Å². The van der Waals surface area contributed by atoms with Crippen molar-refractivity contribution >= 4 is 28.6 Å². The minimum Gasteiger partial charge on any atom is -0.480 e. The lowest BCUT2D eigenvalue weighted by atomic mass is 10.1. The molecule has 0 radical (unpaired) electrons. The molecule has 1 N–H and O–H groups in total. The molecule has 1 unspecified atom stereocenters. The first-order valence-electron chi connectivity index (χ1n) is 5.43. The Morgan fingerprint density at radius 1 is 1.61 bits per heavy atom. The Hall–Kier alpha value is -1.24. The van der Waals surface area contributed by atoms with E-state index in [1.54, 1.807) is 16.8 Å². The number of rotatable bonds is 5. The molecule has 18 heavy (non-hydrogen) atoms. The van der Waals surface area contributed by atoms with Crippen molar-refractivity contribution in [2.24, 2.45) is 0 Å². The van der Waals surface area contributed by atoms with Crippen LogP contribution in [0.4, 0.5) is 0 Å². The molecule has 2 rings (SSSR count). The second-order valence-electron chi connectivity index (χ2n) is 4.07. The summed E-state index contributed by atoms with van der Waals surface area (Å²) in [5.74, 6) is -0.821. The van der Waals surface area contributed by atoms with Gasteiger partial charge in [-0.3, -0.25) is 9.69 Å². The van der Waals surface area contributed by atoms with E-state index in [2.05, 4.69) is 4.98 Å². The van der Waals surface area contributed by atoms with E-state index in [-0.39, 0.29) is 0 Å². The summed E-state index contributed by atoms with van der Waals surface area (Å²) in [7, 11) is 1.83. The fourth-order valence-electron chi connectivity index (χ4n) is 1.81. The molecule has 0 spiro atoms. The van der Waals surface area contributed by atoms with Gasteiger partial charge in [0, 0.05) is 11.4 Å². The summed E-state index contributed by atoms with van der Waals surface area (Å²) in [6.07, 6.45) is 0. The van der Waals surface area contributed by atoms with Crippen LogP contribution in [0.15, 0.2) is 22.3 Å². The number of aromatic nitrogens is 1. The van der Waals surface area contributed by atoms with Crippen LogP contribution in [-0.4, -0.2) is 28.0 Å². The van der Waals surface area contributed by atoms with E-state index in [0.29, 0.717) is 6.54 Å². The Labute approximate surface area is 114 Å². The van der Waals surface area contributed by atoms with E-state index in [1.165, 1.54) is 11.3 Å². The molecule has 2 heterocycles. The molecule has 96 valence electrons. The number of aliphatic carboxylic acids is 1. The van der Waals surface area contributed by atoms with Gasteiger partial charge < -0.3 is 5.11 Å². The average molecular weight is 282 g/mol. The molecule has 2 aromatic heterocycles. The van der Waals surface area contributed by atoms with Crippen molar-refractivity contribution in [2.75, 3.05) is 7.05 Å². The molecule has 0 aliphatic heterocycles. The maximum absolute atomic E-state index is 11.4. The lowest BCUT2D eigenvalue weighted by molar-refractivity contribution is -0.143. The van der Waals surface area contributed by atoms with Gasteiger partial charge >= 0.3 is 5.97 Å². The number of carboxylic acid groups (broad SMARTS) is 1. The number of nitrogens with zero attached hydrogens (tertiary/aromatic N) is 2. The van der Waals surface area contributed by atoms with E-state index in [4.69, 9.17) is 0 Å². The summed E-state index contributed by atoms with van der Waals surface area (Å²) in [4.78, 5) is 18.5.